The minimum absolute atomic E-state index is 0.199. The molecule has 1 aliphatic rings. The molecule has 4 rings (SSSR count). The zero-order valence-corrected chi connectivity index (χ0v) is 17.1. The molecule has 8 nitrogen and oxygen atoms in total. The van der Waals surface area contributed by atoms with E-state index in [9.17, 15) is 5.11 Å². The molecule has 8 heteroatoms. The molecule has 0 spiro atoms. The smallest absolute Gasteiger partial charge is 0.162 e. The van der Waals surface area contributed by atoms with Crippen molar-refractivity contribution in [3.05, 3.63) is 53.2 Å². The summed E-state index contributed by atoms with van der Waals surface area (Å²) in [5.74, 6) is 1.79. The molecule has 3 aromatic rings. The van der Waals surface area contributed by atoms with Gasteiger partial charge < -0.3 is 21.1 Å². The number of hydrogen-bond acceptors (Lipinski definition) is 7. The Hall–Kier alpha value is -3.15. The van der Waals surface area contributed by atoms with Crippen LogP contribution in [0.2, 0.25) is 0 Å². The topological polar surface area (TPSA) is 110 Å². The fraction of sp³-hybridized carbons (Fsp3) is 0.409. The highest BCUT2D eigenvalue weighted by Gasteiger charge is 2.22. The predicted octanol–water partition coefficient (Wildman–Crippen LogP) is 2.16. The van der Waals surface area contributed by atoms with E-state index in [0.717, 1.165) is 47.8 Å². The maximum atomic E-state index is 10.2. The number of aliphatic hydroxyl groups is 1. The molecule has 2 atom stereocenters. The minimum Gasteiger partial charge on any atom is -0.391 e. The van der Waals surface area contributed by atoms with Crippen LogP contribution in [0.4, 0.5) is 11.6 Å². The van der Waals surface area contributed by atoms with Crippen molar-refractivity contribution >= 4 is 17.3 Å². The van der Waals surface area contributed by atoms with Gasteiger partial charge in [0.1, 0.15) is 11.6 Å². The number of nitriles is 1. The van der Waals surface area contributed by atoms with E-state index in [1.165, 1.54) is 0 Å². The Kier molecular flexibility index (Phi) is 6.12. The second-order valence-electron chi connectivity index (χ2n) is 7.65. The van der Waals surface area contributed by atoms with Crippen LogP contribution in [0, 0.1) is 17.2 Å². The Balaban J connectivity index is 1.56. The monoisotopic (exact) mass is 405 g/mol. The minimum atomic E-state index is -0.346. The number of fused-ring (bicyclic) bond motifs is 1. The first kappa shape index (κ1) is 20.1. The number of aromatic nitrogens is 3. The predicted molar refractivity (Wildman–Crippen MR) is 116 cm³/mol. The normalized spacial score (nSPS) is 18.8. The zero-order valence-electron chi connectivity index (χ0n) is 17.1. The summed E-state index contributed by atoms with van der Waals surface area (Å²) in [5.41, 5.74) is 3.57. The molecule has 0 saturated carbocycles. The molecule has 3 heterocycles. The Bertz CT molecular complexity index is 1060. The lowest BCUT2D eigenvalue weighted by atomic mass is 9.95. The highest BCUT2D eigenvalue weighted by molar-refractivity contribution is 5.60. The van der Waals surface area contributed by atoms with Gasteiger partial charge in [-0.25, -0.2) is 4.98 Å². The lowest BCUT2D eigenvalue weighted by Crippen LogP contribution is -2.43. The van der Waals surface area contributed by atoms with Gasteiger partial charge in [-0.15, -0.1) is 0 Å². The zero-order chi connectivity index (χ0) is 20.9. The number of hydrogen-bond donors (Lipinski definition) is 4. The maximum Gasteiger partial charge on any atom is 0.162 e. The molecule has 0 aliphatic carbocycles. The van der Waals surface area contributed by atoms with E-state index >= 15 is 0 Å². The molecule has 4 N–H and O–H groups in total. The summed E-state index contributed by atoms with van der Waals surface area (Å²) in [6, 6.07) is 11.7. The number of anilines is 2. The second kappa shape index (κ2) is 9.11. The standard InChI is InChI=1S/C22H27N7O/c1-2-17-13-27-29-21(26-11-16-5-3-4-15(8-16)10-23)9-20(28-22(17)29)25-12-18-6-7-24-14-19(18)30/h3-5,8-9,13,18-19,24,26,30H,2,6-7,11-12,14H2,1H3,(H,25,28)/t18?,19-/m0/s1. The molecule has 0 radical (unpaired) electrons. The molecule has 30 heavy (non-hydrogen) atoms. The van der Waals surface area contributed by atoms with Crippen LogP contribution in [-0.2, 0) is 13.0 Å². The molecular formula is C22H27N7O. The van der Waals surface area contributed by atoms with Crippen LogP contribution in [0.15, 0.2) is 36.5 Å². The highest BCUT2D eigenvalue weighted by atomic mass is 16.3. The van der Waals surface area contributed by atoms with Crippen LogP contribution in [-0.4, -0.2) is 45.4 Å². The van der Waals surface area contributed by atoms with Crippen molar-refractivity contribution in [1.29, 1.82) is 5.26 Å². The molecule has 1 fully saturated rings. The van der Waals surface area contributed by atoms with E-state index in [2.05, 4.69) is 34.0 Å². The molecule has 2 aromatic heterocycles. The molecule has 0 bridgehead atoms. The molecule has 0 amide bonds. The molecule has 156 valence electrons. The fourth-order valence-corrected chi connectivity index (χ4v) is 3.79. The SMILES string of the molecule is CCc1cnn2c(NCc3cccc(C#N)c3)cc(NCC3CCNC[C@@H]3O)nc12. The van der Waals surface area contributed by atoms with Gasteiger partial charge in [0.05, 0.1) is 23.9 Å². The third-order valence-corrected chi connectivity index (χ3v) is 5.59. The Morgan fingerprint density at radius 1 is 1.33 bits per heavy atom. The van der Waals surface area contributed by atoms with Crippen LogP contribution in [0.5, 0.6) is 0 Å². The lowest BCUT2D eigenvalue weighted by Gasteiger charge is -2.28. The third kappa shape index (κ3) is 4.37. The molecule has 1 aromatic carbocycles. The van der Waals surface area contributed by atoms with Gasteiger partial charge in [-0.3, -0.25) is 0 Å². The number of aryl methyl sites for hydroxylation is 1. The quantitative estimate of drug-likeness (QED) is 0.477. The van der Waals surface area contributed by atoms with Gasteiger partial charge in [-0.2, -0.15) is 14.9 Å². The van der Waals surface area contributed by atoms with E-state index in [1.807, 2.05) is 35.0 Å². The van der Waals surface area contributed by atoms with Gasteiger partial charge >= 0.3 is 0 Å². The summed E-state index contributed by atoms with van der Waals surface area (Å²) >= 11 is 0. The van der Waals surface area contributed by atoms with Gasteiger partial charge in [0.25, 0.3) is 0 Å². The number of β-amino-alcohol motifs (C(OH)–C–C–N with tert-alkyl or cyclic N) is 1. The first-order valence-corrected chi connectivity index (χ1v) is 10.4. The lowest BCUT2D eigenvalue weighted by molar-refractivity contribution is 0.0883. The van der Waals surface area contributed by atoms with E-state index < -0.39 is 0 Å². The first-order valence-electron chi connectivity index (χ1n) is 10.4. The largest absolute Gasteiger partial charge is 0.391 e. The van der Waals surface area contributed by atoms with Crippen molar-refractivity contribution in [2.45, 2.75) is 32.4 Å². The summed E-state index contributed by atoms with van der Waals surface area (Å²) in [7, 11) is 0. The second-order valence-corrected chi connectivity index (χ2v) is 7.65. The van der Waals surface area contributed by atoms with Crippen LogP contribution in [0.3, 0.4) is 0 Å². The van der Waals surface area contributed by atoms with Gasteiger partial charge in [0.2, 0.25) is 0 Å². The number of nitrogens with one attached hydrogen (secondary N) is 3. The van der Waals surface area contributed by atoms with E-state index in [-0.39, 0.29) is 12.0 Å². The van der Waals surface area contributed by atoms with E-state index in [0.29, 0.717) is 25.2 Å². The Morgan fingerprint density at radius 2 is 2.23 bits per heavy atom. The average Bonchev–Trinajstić information content (AvgIpc) is 3.20. The summed E-state index contributed by atoms with van der Waals surface area (Å²) < 4.78 is 1.82. The number of nitrogens with zero attached hydrogens (tertiary/aromatic N) is 4. The Labute approximate surface area is 175 Å². The van der Waals surface area contributed by atoms with Crippen molar-refractivity contribution in [2.24, 2.45) is 5.92 Å². The Morgan fingerprint density at radius 3 is 3.03 bits per heavy atom. The molecule has 1 saturated heterocycles. The van der Waals surface area contributed by atoms with Crippen molar-refractivity contribution in [3.63, 3.8) is 0 Å². The fourth-order valence-electron chi connectivity index (χ4n) is 3.79. The average molecular weight is 406 g/mol. The van der Waals surface area contributed by atoms with Gasteiger partial charge in [-0.05, 0) is 37.1 Å². The number of aliphatic hydroxyl groups excluding tert-OH is 1. The first-order chi connectivity index (χ1) is 14.7. The summed E-state index contributed by atoms with van der Waals surface area (Å²) in [6.45, 7) is 4.89. The van der Waals surface area contributed by atoms with Gasteiger partial charge in [0, 0.05) is 37.2 Å². The maximum absolute atomic E-state index is 10.2. The van der Waals surface area contributed by atoms with Crippen molar-refractivity contribution < 1.29 is 5.11 Å². The van der Waals surface area contributed by atoms with Crippen LogP contribution in [0.1, 0.15) is 30.0 Å². The molecular weight excluding hydrogens is 378 g/mol. The highest BCUT2D eigenvalue weighted by Crippen LogP contribution is 2.21. The number of rotatable bonds is 7. The summed E-state index contributed by atoms with van der Waals surface area (Å²) in [5, 5.41) is 33.9. The molecule has 1 aliphatic heterocycles. The molecule has 1 unspecified atom stereocenters. The van der Waals surface area contributed by atoms with Crippen molar-refractivity contribution in [1.82, 2.24) is 19.9 Å². The van der Waals surface area contributed by atoms with Crippen LogP contribution >= 0.6 is 0 Å². The van der Waals surface area contributed by atoms with E-state index in [1.54, 1.807) is 6.07 Å². The van der Waals surface area contributed by atoms with Crippen LogP contribution < -0.4 is 16.0 Å². The van der Waals surface area contributed by atoms with Crippen molar-refractivity contribution in [2.75, 3.05) is 30.3 Å². The summed E-state index contributed by atoms with van der Waals surface area (Å²) in [6.07, 6.45) is 3.28. The number of piperidine rings is 1. The van der Waals surface area contributed by atoms with Crippen LogP contribution in [0.25, 0.3) is 5.65 Å². The van der Waals surface area contributed by atoms with Gasteiger partial charge in [-0.1, -0.05) is 19.1 Å². The number of benzene rings is 1. The summed E-state index contributed by atoms with van der Waals surface area (Å²) in [4.78, 5) is 4.77. The third-order valence-electron chi connectivity index (χ3n) is 5.59. The van der Waals surface area contributed by atoms with Gasteiger partial charge in [0.15, 0.2) is 5.65 Å². The van der Waals surface area contributed by atoms with Crippen molar-refractivity contribution in [3.8, 4) is 6.07 Å². The van der Waals surface area contributed by atoms with E-state index in [4.69, 9.17) is 10.2 Å².